The van der Waals surface area contributed by atoms with Gasteiger partial charge in [-0.3, -0.25) is 25.4 Å². The Morgan fingerprint density at radius 3 is 2.80 bits per heavy atom. The van der Waals surface area contributed by atoms with Crippen molar-refractivity contribution in [1.29, 1.82) is 0 Å². The monoisotopic (exact) mass is 273 g/mol. The molecule has 0 atom stereocenters. The van der Waals surface area contributed by atoms with Crippen molar-refractivity contribution < 1.29 is 9.59 Å². The number of imidazole rings is 1. The molecule has 2 amide bonds. The predicted octanol–water partition coefficient (Wildman–Crippen LogP) is 0.519. The summed E-state index contributed by atoms with van der Waals surface area (Å²) in [4.78, 5) is 30.9. The van der Waals surface area contributed by atoms with E-state index in [4.69, 9.17) is 0 Å². The lowest BCUT2D eigenvalue weighted by atomic mass is 10.3. The Labute approximate surface area is 116 Å². The second kappa shape index (κ2) is 7.03. The Kier molecular flexibility index (Phi) is 4.82. The standard InChI is InChI=1S/C13H15N5O2/c19-12(4-2-7-18-8-6-15-10-18)16-17-13(20)11-3-1-5-14-9-11/h1,3,5-6,8-10H,2,4,7H2,(H,16,19)(H,17,20). The number of aromatic nitrogens is 3. The molecule has 0 saturated carbocycles. The fraction of sp³-hybridized carbons (Fsp3) is 0.231. The SMILES string of the molecule is O=C(CCCn1ccnc1)NNC(=O)c1cccnc1. The summed E-state index contributed by atoms with van der Waals surface area (Å²) in [5.41, 5.74) is 5.11. The first-order chi connectivity index (χ1) is 9.75. The number of pyridine rings is 1. The summed E-state index contributed by atoms with van der Waals surface area (Å²) in [6.45, 7) is 0.712. The van der Waals surface area contributed by atoms with Crippen molar-refractivity contribution in [3.8, 4) is 0 Å². The molecule has 0 radical (unpaired) electrons. The Morgan fingerprint density at radius 2 is 2.10 bits per heavy atom. The lowest BCUT2D eigenvalue weighted by molar-refractivity contribution is -0.122. The zero-order chi connectivity index (χ0) is 14.2. The van der Waals surface area contributed by atoms with Gasteiger partial charge in [0.15, 0.2) is 0 Å². The van der Waals surface area contributed by atoms with E-state index in [2.05, 4.69) is 20.8 Å². The summed E-state index contributed by atoms with van der Waals surface area (Å²) in [5, 5.41) is 0. The molecule has 2 aromatic rings. The number of carbonyl (C=O) groups is 2. The topological polar surface area (TPSA) is 88.9 Å². The van der Waals surface area contributed by atoms with Gasteiger partial charge >= 0.3 is 0 Å². The smallest absolute Gasteiger partial charge is 0.271 e. The average molecular weight is 273 g/mol. The zero-order valence-electron chi connectivity index (χ0n) is 10.8. The van der Waals surface area contributed by atoms with Gasteiger partial charge in [0.25, 0.3) is 5.91 Å². The quantitative estimate of drug-likeness (QED) is 0.777. The van der Waals surface area contributed by atoms with E-state index in [0.29, 0.717) is 24.9 Å². The first-order valence-corrected chi connectivity index (χ1v) is 6.20. The maximum Gasteiger partial charge on any atom is 0.271 e. The van der Waals surface area contributed by atoms with Gasteiger partial charge in [-0.05, 0) is 18.6 Å². The Bertz CT molecular complexity index is 553. The van der Waals surface area contributed by atoms with E-state index in [0.717, 1.165) is 0 Å². The summed E-state index contributed by atoms with van der Waals surface area (Å²) in [7, 11) is 0. The van der Waals surface area contributed by atoms with Crippen molar-refractivity contribution in [2.24, 2.45) is 0 Å². The predicted molar refractivity (Wildman–Crippen MR) is 71.3 cm³/mol. The molecule has 0 fully saturated rings. The van der Waals surface area contributed by atoms with E-state index in [1.165, 1.54) is 6.20 Å². The van der Waals surface area contributed by atoms with Crippen LogP contribution in [0.15, 0.2) is 43.2 Å². The summed E-state index contributed by atoms with van der Waals surface area (Å²) < 4.78 is 1.89. The highest BCUT2D eigenvalue weighted by Gasteiger charge is 2.06. The van der Waals surface area contributed by atoms with Crippen LogP contribution < -0.4 is 10.9 Å². The first kappa shape index (κ1) is 13.7. The molecule has 0 saturated heterocycles. The molecule has 0 aliphatic rings. The Hall–Kier alpha value is -2.70. The van der Waals surface area contributed by atoms with Crippen LogP contribution in [-0.4, -0.2) is 26.3 Å². The van der Waals surface area contributed by atoms with Crippen LogP contribution in [0.5, 0.6) is 0 Å². The second-order valence-electron chi connectivity index (χ2n) is 4.15. The highest BCUT2D eigenvalue weighted by molar-refractivity contribution is 5.94. The van der Waals surface area contributed by atoms with Gasteiger partial charge in [0.1, 0.15) is 0 Å². The fourth-order valence-corrected chi connectivity index (χ4v) is 1.60. The molecule has 2 aromatic heterocycles. The third kappa shape index (κ3) is 4.20. The molecule has 0 aliphatic heterocycles. The number of nitrogens with one attached hydrogen (secondary N) is 2. The van der Waals surface area contributed by atoms with Gasteiger partial charge in [-0.15, -0.1) is 0 Å². The van der Waals surface area contributed by atoms with Crippen molar-refractivity contribution in [1.82, 2.24) is 25.4 Å². The van der Waals surface area contributed by atoms with Crippen molar-refractivity contribution in [3.63, 3.8) is 0 Å². The van der Waals surface area contributed by atoms with Crippen molar-refractivity contribution in [3.05, 3.63) is 48.8 Å². The van der Waals surface area contributed by atoms with Crippen LogP contribution in [0.25, 0.3) is 0 Å². The lowest BCUT2D eigenvalue weighted by Gasteiger charge is -2.07. The van der Waals surface area contributed by atoms with Gasteiger partial charge in [-0.2, -0.15) is 0 Å². The average Bonchev–Trinajstić information content (AvgIpc) is 2.99. The molecule has 20 heavy (non-hydrogen) atoms. The highest BCUT2D eigenvalue weighted by Crippen LogP contribution is 1.96. The van der Waals surface area contributed by atoms with Crippen LogP contribution in [0.4, 0.5) is 0 Å². The van der Waals surface area contributed by atoms with Crippen molar-refractivity contribution in [2.45, 2.75) is 19.4 Å². The van der Waals surface area contributed by atoms with E-state index >= 15 is 0 Å². The van der Waals surface area contributed by atoms with Gasteiger partial charge in [0, 0.05) is 37.8 Å². The minimum absolute atomic E-state index is 0.234. The van der Waals surface area contributed by atoms with Crippen LogP contribution in [0.2, 0.25) is 0 Å². The van der Waals surface area contributed by atoms with E-state index in [-0.39, 0.29) is 11.8 Å². The van der Waals surface area contributed by atoms with E-state index in [1.807, 2.05) is 10.8 Å². The third-order valence-electron chi connectivity index (χ3n) is 2.62. The number of nitrogens with zero attached hydrogens (tertiary/aromatic N) is 3. The Morgan fingerprint density at radius 1 is 1.20 bits per heavy atom. The summed E-state index contributed by atoms with van der Waals surface area (Å²) >= 11 is 0. The molecule has 7 heteroatoms. The lowest BCUT2D eigenvalue weighted by Crippen LogP contribution is -2.41. The molecular formula is C13H15N5O2. The molecule has 0 aromatic carbocycles. The minimum Gasteiger partial charge on any atom is -0.337 e. The number of hydrogen-bond acceptors (Lipinski definition) is 4. The largest absolute Gasteiger partial charge is 0.337 e. The normalized spacial score (nSPS) is 10.0. The van der Waals surface area contributed by atoms with Gasteiger partial charge in [0.2, 0.25) is 5.91 Å². The van der Waals surface area contributed by atoms with Crippen LogP contribution in [-0.2, 0) is 11.3 Å². The molecular weight excluding hydrogens is 258 g/mol. The number of amides is 2. The molecule has 104 valence electrons. The molecule has 7 nitrogen and oxygen atoms in total. The molecule has 2 rings (SSSR count). The fourth-order valence-electron chi connectivity index (χ4n) is 1.60. The van der Waals surface area contributed by atoms with Gasteiger partial charge in [0.05, 0.1) is 11.9 Å². The Balaban J connectivity index is 1.66. The number of rotatable bonds is 5. The van der Waals surface area contributed by atoms with Crippen LogP contribution in [0, 0.1) is 0 Å². The second-order valence-corrected chi connectivity index (χ2v) is 4.15. The summed E-state index contributed by atoms with van der Waals surface area (Å²) in [5.74, 6) is -0.622. The van der Waals surface area contributed by atoms with E-state index in [1.54, 1.807) is 30.9 Å². The van der Waals surface area contributed by atoms with Crippen LogP contribution in [0.1, 0.15) is 23.2 Å². The number of aryl methyl sites for hydroxylation is 1. The van der Waals surface area contributed by atoms with Gasteiger partial charge in [-0.25, -0.2) is 4.98 Å². The van der Waals surface area contributed by atoms with Crippen molar-refractivity contribution in [2.75, 3.05) is 0 Å². The maximum atomic E-state index is 11.6. The summed E-state index contributed by atoms with van der Waals surface area (Å²) in [6.07, 6.45) is 9.22. The highest BCUT2D eigenvalue weighted by atomic mass is 16.2. The molecule has 0 spiro atoms. The molecule has 2 N–H and O–H groups in total. The maximum absolute atomic E-state index is 11.6. The number of hydrazine groups is 1. The third-order valence-corrected chi connectivity index (χ3v) is 2.62. The summed E-state index contributed by atoms with van der Waals surface area (Å²) in [6, 6.07) is 3.27. The van der Waals surface area contributed by atoms with Gasteiger partial charge in [-0.1, -0.05) is 0 Å². The zero-order valence-corrected chi connectivity index (χ0v) is 10.8. The molecule has 2 heterocycles. The van der Waals surface area contributed by atoms with E-state index in [9.17, 15) is 9.59 Å². The first-order valence-electron chi connectivity index (χ1n) is 6.20. The number of hydrogen-bond donors (Lipinski definition) is 2. The number of carbonyl (C=O) groups excluding carboxylic acids is 2. The van der Waals surface area contributed by atoms with Gasteiger partial charge < -0.3 is 4.57 Å². The molecule has 0 bridgehead atoms. The molecule has 0 unspecified atom stereocenters. The van der Waals surface area contributed by atoms with Crippen LogP contribution in [0.3, 0.4) is 0 Å². The minimum atomic E-state index is -0.388. The van der Waals surface area contributed by atoms with Crippen molar-refractivity contribution >= 4 is 11.8 Å². The van der Waals surface area contributed by atoms with E-state index < -0.39 is 0 Å². The van der Waals surface area contributed by atoms with Crippen LogP contribution >= 0.6 is 0 Å². The molecule has 0 aliphatic carbocycles.